The van der Waals surface area contributed by atoms with Crippen molar-refractivity contribution in [1.29, 1.82) is 0 Å². The lowest BCUT2D eigenvalue weighted by Gasteiger charge is -2.28. The Labute approximate surface area is 128 Å². The van der Waals surface area contributed by atoms with Crippen molar-refractivity contribution in [1.82, 2.24) is 10.6 Å². The van der Waals surface area contributed by atoms with Gasteiger partial charge in [0, 0.05) is 0 Å². The van der Waals surface area contributed by atoms with Gasteiger partial charge in [-0.15, -0.1) is 0 Å². The SMILES string of the molecule is O=C(Cc1cccc(F)c1)NCC(=O)NC1(CO)CCCC1. The molecule has 1 aliphatic rings. The van der Waals surface area contributed by atoms with Crippen LogP contribution in [-0.2, 0) is 16.0 Å². The number of rotatable bonds is 6. The van der Waals surface area contributed by atoms with Crippen LogP contribution in [-0.4, -0.2) is 35.6 Å². The number of amides is 2. The molecule has 5 nitrogen and oxygen atoms in total. The number of nitrogens with one attached hydrogen (secondary N) is 2. The van der Waals surface area contributed by atoms with Gasteiger partial charge in [0.25, 0.3) is 0 Å². The highest BCUT2D eigenvalue weighted by atomic mass is 19.1. The predicted octanol–water partition coefficient (Wildman–Crippen LogP) is 0.906. The molecule has 1 aliphatic carbocycles. The smallest absolute Gasteiger partial charge is 0.239 e. The number of halogens is 1. The molecule has 0 saturated heterocycles. The Balaban J connectivity index is 1.77. The van der Waals surface area contributed by atoms with Crippen molar-refractivity contribution < 1.29 is 19.1 Å². The average molecular weight is 308 g/mol. The van der Waals surface area contributed by atoms with Gasteiger partial charge >= 0.3 is 0 Å². The number of carbonyl (C=O) groups is 2. The molecule has 0 radical (unpaired) electrons. The van der Waals surface area contributed by atoms with Crippen LogP contribution in [0.4, 0.5) is 4.39 Å². The van der Waals surface area contributed by atoms with E-state index in [-0.39, 0.29) is 31.4 Å². The van der Waals surface area contributed by atoms with E-state index in [1.54, 1.807) is 6.07 Å². The molecule has 22 heavy (non-hydrogen) atoms. The van der Waals surface area contributed by atoms with Crippen LogP contribution in [0.1, 0.15) is 31.2 Å². The van der Waals surface area contributed by atoms with Crippen LogP contribution in [0.3, 0.4) is 0 Å². The van der Waals surface area contributed by atoms with E-state index < -0.39 is 11.4 Å². The number of aliphatic hydroxyl groups is 1. The molecule has 0 heterocycles. The van der Waals surface area contributed by atoms with Crippen molar-refractivity contribution in [2.75, 3.05) is 13.2 Å². The standard InChI is InChI=1S/C16H21FN2O3/c17-13-5-3-4-12(8-13)9-14(21)18-10-15(22)19-16(11-20)6-1-2-7-16/h3-5,8,20H,1-2,6-7,9-11H2,(H,18,21)(H,19,22). The third-order valence-electron chi connectivity index (χ3n) is 3.97. The molecular formula is C16H21FN2O3. The van der Waals surface area contributed by atoms with E-state index in [1.807, 2.05) is 0 Å². The lowest BCUT2D eigenvalue weighted by molar-refractivity contribution is -0.127. The zero-order valence-electron chi connectivity index (χ0n) is 12.4. The first kappa shape index (κ1) is 16.4. The minimum absolute atomic E-state index is 0.0240. The summed E-state index contributed by atoms with van der Waals surface area (Å²) in [5, 5.41) is 14.7. The zero-order valence-corrected chi connectivity index (χ0v) is 12.4. The van der Waals surface area contributed by atoms with Gasteiger partial charge in [-0.3, -0.25) is 9.59 Å². The molecule has 6 heteroatoms. The Kier molecular flexibility index (Phi) is 5.49. The average Bonchev–Trinajstić information content (AvgIpc) is 2.94. The summed E-state index contributed by atoms with van der Waals surface area (Å²) >= 11 is 0. The predicted molar refractivity (Wildman–Crippen MR) is 79.5 cm³/mol. The maximum absolute atomic E-state index is 13.0. The highest BCUT2D eigenvalue weighted by Gasteiger charge is 2.34. The summed E-state index contributed by atoms with van der Waals surface area (Å²) in [5.74, 6) is -1.05. The van der Waals surface area contributed by atoms with Gasteiger partial charge in [0.1, 0.15) is 5.82 Å². The highest BCUT2D eigenvalue weighted by molar-refractivity contribution is 5.86. The van der Waals surface area contributed by atoms with E-state index in [0.29, 0.717) is 5.56 Å². The molecular weight excluding hydrogens is 287 g/mol. The van der Waals surface area contributed by atoms with E-state index in [0.717, 1.165) is 25.7 Å². The number of aliphatic hydroxyl groups excluding tert-OH is 1. The number of hydrogen-bond donors (Lipinski definition) is 3. The van der Waals surface area contributed by atoms with E-state index in [9.17, 15) is 19.1 Å². The highest BCUT2D eigenvalue weighted by Crippen LogP contribution is 2.28. The summed E-state index contributed by atoms with van der Waals surface area (Å²) < 4.78 is 13.0. The largest absolute Gasteiger partial charge is 0.394 e. The summed E-state index contributed by atoms with van der Waals surface area (Å²) in [6, 6.07) is 5.79. The van der Waals surface area contributed by atoms with E-state index in [1.165, 1.54) is 18.2 Å². The quantitative estimate of drug-likeness (QED) is 0.731. The topological polar surface area (TPSA) is 78.4 Å². The molecule has 0 atom stereocenters. The van der Waals surface area contributed by atoms with Gasteiger partial charge in [-0.2, -0.15) is 0 Å². The number of benzene rings is 1. The Bertz CT molecular complexity index is 542. The van der Waals surface area contributed by atoms with E-state index >= 15 is 0 Å². The molecule has 0 aromatic heterocycles. The lowest BCUT2D eigenvalue weighted by atomic mass is 9.99. The Morgan fingerprint density at radius 1 is 1.23 bits per heavy atom. The molecule has 2 amide bonds. The van der Waals surface area contributed by atoms with Crippen molar-refractivity contribution >= 4 is 11.8 Å². The Morgan fingerprint density at radius 3 is 2.59 bits per heavy atom. The molecule has 1 fully saturated rings. The summed E-state index contributed by atoms with van der Waals surface area (Å²) in [6.07, 6.45) is 3.49. The first-order chi connectivity index (χ1) is 10.5. The molecule has 2 rings (SSSR count). The van der Waals surface area contributed by atoms with Crippen molar-refractivity contribution in [3.8, 4) is 0 Å². The maximum Gasteiger partial charge on any atom is 0.239 e. The van der Waals surface area contributed by atoms with Crippen LogP contribution in [0.25, 0.3) is 0 Å². The second-order valence-electron chi connectivity index (χ2n) is 5.78. The molecule has 120 valence electrons. The molecule has 0 unspecified atom stereocenters. The monoisotopic (exact) mass is 308 g/mol. The second kappa shape index (κ2) is 7.35. The minimum atomic E-state index is -0.537. The maximum atomic E-state index is 13.0. The first-order valence-electron chi connectivity index (χ1n) is 7.46. The molecule has 0 spiro atoms. The third-order valence-corrected chi connectivity index (χ3v) is 3.97. The molecule has 1 aromatic carbocycles. The van der Waals surface area contributed by atoms with Gasteiger partial charge in [-0.05, 0) is 30.5 Å². The summed E-state index contributed by atoms with van der Waals surface area (Å²) in [6.45, 7) is -0.230. The van der Waals surface area contributed by atoms with Crippen LogP contribution in [0, 0.1) is 5.82 Å². The number of hydrogen-bond acceptors (Lipinski definition) is 3. The van der Waals surface area contributed by atoms with Gasteiger partial charge in [0.05, 0.1) is 25.1 Å². The second-order valence-corrected chi connectivity index (χ2v) is 5.78. The van der Waals surface area contributed by atoms with Crippen molar-refractivity contribution in [3.63, 3.8) is 0 Å². The molecule has 3 N–H and O–H groups in total. The third kappa shape index (κ3) is 4.53. The fourth-order valence-corrected chi connectivity index (χ4v) is 2.79. The van der Waals surface area contributed by atoms with Gasteiger partial charge in [0.15, 0.2) is 0 Å². The fraction of sp³-hybridized carbons (Fsp3) is 0.500. The van der Waals surface area contributed by atoms with Crippen LogP contribution in [0.15, 0.2) is 24.3 Å². The molecule has 1 aromatic rings. The summed E-state index contributed by atoms with van der Waals surface area (Å²) in [5.41, 5.74) is 0.0187. The van der Waals surface area contributed by atoms with Crippen LogP contribution in [0.5, 0.6) is 0 Å². The van der Waals surface area contributed by atoms with Crippen LogP contribution in [0.2, 0.25) is 0 Å². The minimum Gasteiger partial charge on any atom is -0.394 e. The van der Waals surface area contributed by atoms with Crippen molar-refractivity contribution in [2.45, 2.75) is 37.6 Å². The van der Waals surface area contributed by atoms with Gasteiger partial charge in [-0.1, -0.05) is 25.0 Å². The van der Waals surface area contributed by atoms with E-state index in [4.69, 9.17) is 0 Å². The normalized spacial score (nSPS) is 16.3. The van der Waals surface area contributed by atoms with Crippen molar-refractivity contribution in [2.24, 2.45) is 0 Å². The Morgan fingerprint density at radius 2 is 1.95 bits per heavy atom. The molecule has 0 bridgehead atoms. The molecule has 1 saturated carbocycles. The first-order valence-corrected chi connectivity index (χ1v) is 7.46. The van der Waals surface area contributed by atoms with Gasteiger partial charge < -0.3 is 15.7 Å². The number of carbonyl (C=O) groups excluding carboxylic acids is 2. The van der Waals surface area contributed by atoms with Crippen molar-refractivity contribution in [3.05, 3.63) is 35.6 Å². The lowest BCUT2D eigenvalue weighted by Crippen LogP contribution is -2.52. The summed E-state index contributed by atoms with van der Waals surface area (Å²) in [7, 11) is 0. The Hall–Kier alpha value is -1.95. The van der Waals surface area contributed by atoms with Gasteiger partial charge in [-0.25, -0.2) is 4.39 Å². The fourth-order valence-electron chi connectivity index (χ4n) is 2.79. The van der Waals surface area contributed by atoms with Crippen LogP contribution < -0.4 is 10.6 Å². The molecule has 0 aliphatic heterocycles. The van der Waals surface area contributed by atoms with E-state index in [2.05, 4.69) is 10.6 Å². The zero-order chi connectivity index (χ0) is 16.0. The summed E-state index contributed by atoms with van der Waals surface area (Å²) in [4.78, 5) is 23.6. The van der Waals surface area contributed by atoms with Crippen LogP contribution >= 0.6 is 0 Å². The van der Waals surface area contributed by atoms with Gasteiger partial charge in [0.2, 0.25) is 11.8 Å².